The molecule has 0 aliphatic carbocycles. The smallest absolute Gasteiger partial charge is 0.275 e. The van der Waals surface area contributed by atoms with Crippen molar-refractivity contribution in [3.05, 3.63) is 87.6 Å². The van der Waals surface area contributed by atoms with E-state index in [4.69, 9.17) is 0 Å². The van der Waals surface area contributed by atoms with Gasteiger partial charge >= 0.3 is 0 Å². The van der Waals surface area contributed by atoms with Gasteiger partial charge in [0.15, 0.2) is 0 Å². The highest BCUT2D eigenvalue weighted by atomic mass is 32.1. The number of nitrogens with zero attached hydrogens (tertiary/aromatic N) is 4. The van der Waals surface area contributed by atoms with E-state index in [9.17, 15) is 4.79 Å². The van der Waals surface area contributed by atoms with Gasteiger partial charge < -0.3 is 5.32 Å². The van der Waals surface area contributed by atoms with Crippen LogP contribution in [0.2, 0.25) is 0 Å². The standard InChI is InChI=1S/C21H21N5OS/c1-3-16-13-19(27)26-21(23-16)28-20(25-26)24-18(17-6-4-5-11-22-17)12-15-9-7-14(2)8-10-15/h4-11,13,18H,3,12H2,1-2H3,(H,24,25). The zero-order chi connectivity index (χ0) is 19.5. The summed E-state index contributed by atoms with van der Waals surface area (Å²) in [5, 5.41) is 8.54. The Bertz CT molecular complexity index is 1140. The lowest BCUT2D eigenvalue weighted by molar-refractivity contribution is 0.738. The number of anilines is 1. The Morgan fingerprint density at radius 3 is 2.71 bits per heavy atom. The molecule has 1 N–H and O–H groups in total. The molecule has 0 spiro atoms. The van der Waals surface area contributed by atoms with Gasteiger partial charge in [-0.3, -0.25) is 9.78 Å². The number of rotatable bonds is 6. The number of nitrogens with one attached hydrogen (secondary N) is 1. The van der Waals surface area contributed by atoms with Gasteiger partial charge in [0.2, 0.25) is 10.1 Å². The normalized spacial score (nSPS) is 12.2. The van der Waals surface area contributed by atoms with Crippen LogP contribution in [-0.4, -0.2) is 19.6 Å². The highest BCUT2D eigenvalue weighted by molar-refractivity contribution is 7.20. The fourth-order valence-electron chi connectivity index (χ4n) is 3.02. The first-order valence-electron chi connectivity index (χ1n) is 9.25. The number of hydrogen-bond acceptors (Lipinski definition) is 6. The molecule has 4 aromatic rings. The zero-order valence-corrected chi connectivity index (χ0v) is 16.6. The minimum absolute atomic E-state index is 0.0641. The van der Waals surface area contributed by atoms with Gasteiger partial charge in [0.1, 0.15) is 0 Å². The van der Waals surface area contributed by atoms with E-state index in [0.29, 0.717) is 10.1 Å². The quantitative estimate of drug-likeness (QED) is 0.541. The third-order valence-electron chi connectivity index (χ3n) is 4.56. The molecule has 6 nitrogen and oxygen atoms in total. The van der Waals surface area contributed by atoms with Crippen LogP contribution in [-0.2, 0) is 12.8 Å². The lowest BCUT2D eigenvalue weighted by Crippen LogP contribution is -2.17. The second-order valence-electron chi connectivity index (χ2n) is 6.68. The maximum atomic E-state index is 12.3. The summed E-state index contributed by atoms with van der Waals surface area (Å²) < 4.78 is 1.35. The molecular weight excluding hydrogens is 370 g/mol. The maximum absolute atomic E-state index is 12.3. The Morgan fingerprint density at radius 2 is 2.00 bits per heavy atom. The molecule has 4 rings (SSSR count). The minimum atomic E-state index is -0.154. The fraction of sp³-hybridized carbons (Fsp3) is 0.238. The number of benzene rings is 1. The molecular formula is C21H21N5OS. The van der Waals surface area contributed by atoms with Crippen LogP contribution in [0.15, 0.2) is 59.5 Å². The van der Waals surface area contributed by atoms with E-state index in [-0.39, 0.29) is 11.6 Å². The first-order chi connectivity index (χ1) is 13.6. The molecule has 7 heteroatoms. The van der Waals surface area contributed by atoms with Crippen molar-refractivity contribution in [2.75, 3.05) is 5.32 Å². The monoisotopic (exact) mass is 391 g/mol. The van der Waals surface area contributed by atoms with Crippen molar-refractivity contribution in [3.63, 3.8) is 0 Å². The van der Waals surface area contributed by atoms with Gasteiger partial charge in [0, 0.05) is 18.0 Å². The summed E-state index contributed by atoms with van der Waals surface area (Å²) in [6.07, 6.45) is 3.27. The minimum Gasteiger partial charge on any atom is -0.351 e. The third kappa shape index (κ3) is 3.94. The number of aromatic nitrogens is 4. The molecule has 0 aliphatic heterocycles. The van der Waals surface area contributed by atoms with Crippen molar-refractivity contribution in [1.82, 2.24) is 19.6 Å². The summed E-state index contributed by atoms with van der Waals surface area (Å²) in [4.78, 5) is 21.9. The number of fused-ring (bicyclic) bond motifs is 1. The molecule has 28 heavy (non-hydrogen) atoms. The molecule has 0 amide bonds. The van der Waals surface area contributed by atoms with E-state index in [1.165, 1.54) is 27.0 Å². The van der Waals surface area contributed by atoms with E-state index in [1.807, 2.05) is 25.1 Å². The van der Waals surface area contributed by atoms with Gasteiger partial charge in [-0.05, 0) is 37.5 Å². The fourth-order valence-corrected chi connectivity index (χ4v) is 3.89. The van der Waals surface area contributed by atoms with Gasteiger partial charge in [-0.1, -0.05) is 54.2 Å². The van der Waals surface area contributed by atoms with Gasteiger partial charge in [-0.2, -0.15) is 4.52 Å². The summed E-state index contributed by atoms with van der Waals surface area (Å²) in [6.45, 7) is 4.06. The van der Waals surface area contributed by atoms with Gasteiger partial charge in [0.05, 0.1) is 11.7 Å². The topological polar surface area (TPSA) is 72.2 Å². The summed E-state index contributed by atoms with van der Waals surface area (Å²) >= 11 is 1.38. The highest BCUT2D eigenvalue weighted by Gasteiger charge is 2.17. The molecule has 1 unspecified atom stereocenters. The van der Waals surface area contributed by atoms with Crippen LogP contribution in [0.25, 0.3) is 4.96 Å². The van der Waals surface area contributed by atoms with Crippen molar-refractivity contribution in [2.24, 2.45) is 0 Å². The average Bonchev–Trinajstić information content (AvgIpc) is 3.13. The summed E-state index contributed by atoms with van der Waals surface area (Å²) in [5.74, 6) is 0. The van der Waals surface area contributed by atoms with Gasteiger partial charge in [0.25, 0.3) is 5.56 Å². The molecule has 1 aromatic carbocycles. The van der Waals surface area contributed by atoms with Crippen LogP contribution in [0.5, 0.6) is 0 Å². The van der Waals surface area contributed by atoms with Crippen molar-refractivity contribution >= 4 is 21.4 Å². The Morgan fingerprint density at radius 1 is 1.18 bits per heavy atom. The van der Waals surface area contributed by atoms with Crippen molar-refractivity contribution in [2.45, 2.75) is 32.7 Å². The molecule has 0 saturated heterocycles. The van der Waals surface area contributed by atoms with E-state index >= 15 is 0 Å². The van der Waals surface area contributed by atoms with Crippen molar-refractivity contribution < 1.29 is 0 Å². The zero-order valence-electron chi connectivity index (χ0n) is 15.8. The number of hydrogen-bond donors (Lipinski definition) is 1. The average molecular weight is 392 g/mol. The maximum Gasteiger partial charge on any atom is 0.275 e. The predicted octanol–water partition coefficient (Wildman–Crippen LogP) is 3.81. The number of aryl methyl sites for hydroxylation is 2. The Kier molecular flexibility index (Phi) is 5.16. The Labute approximate surface area is 166 Å². The van der Waals surface area contributed by atoms with Gasteiger partial charge in [-0.15, -0.1) is 5.10 Å². The highest BCUT2D eigenvalue weighted by Crippen LogP contribution is 2.25. The summed E-state index contributed by atoms with van der Waals surface area (Å²) in [6, 6.07) is 15.8. The van der Waals surface area contributed by atoms with Crippen LogP contribution in [0, 0.1) is 6.92 Å². The molecule has 0 bridgehead atoms. The van der Waals surface area contributed by atoms with Gasteiger partial charge in [-0.25, -0.2) is 4.98 Å². The molecule has 0 aliphatic rings. The molecule has 0 radical (unpaired) electrons. The Balaban J connectivity index is 1.67. The van der Waals surface area contributed by atoms with E-state index in [0.717, 1.165) is 24.2 Å². The van der Waals surface area contributed by atoms with Crippen LogP contribution < -0.4 is 10.9 Å². The SMILES string of the molecule is CCc1cc(=O)n2nc(NC(Cc3ccc(C)cc3)c3ccccn3)sc2n1. The second kappa shape index (κ2) is 7.90. The first kappa shape index (κ1) is 18.3. The summed E-state index contributed by atoms with van der Waals surface area (Å²) in [5.41, 5.74) is 3.99. The van der Waals surface area contributed by atoms with Crippen LogP contribution in [0.1, 0.15) is 35.5 Å². The molecule has 3 heterocycles. The third-order valence-corrected chi connectivity index (χ3v) is 5.40. The largest absolute Gasteiger partial charge is 0.351 e. The Hall–Kier alpha value is -3.06. The molecule has 3 aromatic heterocycles. The van der Waals surface area contributed by atoms with Crippen LogP contribution in [0.4, 0.5) is 5.13 Å². The lowest BCUT2D eigenvalue weighted by Gasteiger charge is -2.17. The summed E-state index contributed by atoms with van der Waals surface area (Å²) in [7, 11) is 0. The van der Waals surface area contributed by atoms with Crippen LogP contribution >= 0.6 is 11.3 Å². The van der Waals surface area contributed by atoms with Crippen LogP contribution in [0.3, 0.4) is 0 Å². The molecule has 1 atom stereocenters. The molecule has 0 fully saturated rings. The second-order valence-corrected chi connectivity index (χ2v) is 7.64. The van der Waals surface area contributed by atoms with E-state index < -0.39 is 0 Å². The predicted molar refractivity (Wildman–Crippen MR) is 112 cm³/mol. The molecule has 0 saturated carbocycles. The molecule has 142 valence electrons. The van der Waals surface area contributed by atoms with Crippen molar-refractivity contribution in [3.8, 4) is 0 Å². The lowest BCUT2D eigenvalue weighted by atomic mass is 10.0. The van der Waals surface area contributed by atoms with E-state index in [2.05, 4.69) is 51.6 Å². The number of pyridine rings is 1. The van der Waals surface area contributed by atoms with E-state index in [1.54, 1.807) is 12.3 Å². The first-order valence-corrected chi connectivity index (χ1v) is 10.1. The van der Waals surface area contributed by atoms with Crippen molar-refractivity contribution in [1.29, 1.82) is 0 Å².